The molecule has 9 nitrogen and oxygen atoms in total. The Morgan fingerprint density at radius 1 is 0.907 bits per heavy atom. The molecule has 0 aliphatic carbocycles. The van der Waals surface area contributed by atoms with Crippen molar-refractivity contribution in [2.75, 3.05) is 31.1 Å². The molecule has 0 aromatic heterocycles. The van der Waals surface area contributed by atoms with Gasteiger partial charge in [0, 0.05) is 18.1 Å². The maximum atomic E-state index is 14.2. The first-order chi connectivity index (χ1) is 20.5. The molecule has 1 N–H and O–H groups in total. The first-order valence-electron chi connectivity index (χ1n) is 14.2. The highest BCUT2D eigenvalue weighted by molar-refractivity contribution is 7.92. The minimum absolute atomic E-state index is 0.0259. The first-order valence-corrected chi connectivity index (χ1v) is 16.0. The predicted molar refractivity (Wildman–Crippen MR) is 169 cm³/mol. The van der Waals surface area contributed by atoms with Crippen LogP contribution in [0.4, 0.5) is 5.69 Å². The minimum atomic E-state index is -4.21. The molecular formula is C32H40ClN3O6S. The zero-order valence-electron chi connectivity index (χ0n) is 25.2. The molecule has 11 heteroatoms. The molecule has 0 saturated carbocycles. The van der Waals surface area contributed by atoms with Crippen LogP contribution in [0.15, 0.2) is 77.7 Å². The van der Waals surface area contributed by atoms with E-state index in [1.807, 2.05) is 39.8 Å². The maximum Gasteiger partial charge on any atom is 0.264 e. The molecule has 0 heterocycles. The van der Waals surface area contributed by atoms with E-state index < -0.39 is 28.5 Å². The largest absolute Gasteiger partial charge is 0.497 e. The Hall–Kier alpha value is -3.76. The van der Waals surface area contributed by atoms with Gasteiger partial charge in [0.2, 0.25) is 11.8 Å². The van der Waals surface area contributed by atoms with Crippen LogP contribution in [-0.4, -0.2) is 58.0 Å². The summed E-state index contributed by atoms with van der Waals surface area (Å²) in [6.45, 7) is 8.09. The molecule has 1 atom stereocenters. The van der Waals surface area contributed by atoms with E-state index in [4.69, 9.17) is 21.1 Å². The Balaban J connectivity index is 2.04. The van der Waals surface area contributed by atoms with Crippen LogP contribution in [0.3, 0.4) is 0 Å². The lowest BCUT2D eigenvalue weighted by molar-refractivity contribution is -0.140. The van der Waals surface area contributed by atoms with E-state index in [0.717, 1.165) is 9.87 Å². The number of amides is 2. The second kappa shape index (κ2) is 15.6. The number of hydrogen-bond acceptors (Lipinski definition) is 6. The van der Waals surface area contributed by atoms with E-state index in [2.05, 4.69) is 5.32 Å². The molecule has 0 unspecified atom stereocenters. The fourth-order valence-corrected chi connectivity index (χ4v) is 5.95. The SMILES string of the molecule is CCOc1ccc(N(CC(=O)N(Cc2ccc(OC)cc2)[C@@H](CC)C(=O)NCC(C)C)S(=O)(=O)c2ccc(Cl)cc2)cc1. The molecule has 0 fully saturated rings. The highest BCUT2D eigenvalue weighted by Crippen LogP contribution is 2.28. The van der Waals surface area contributed by atoms with Gasteiger partial charge in [-0.15, -0.1) is 0 Å². The smallest absolute Gasteiger partial charge is 0.264 e. The fraction of sp³-hybridized carbons (Fsp3) is 0.375. The monoisotopic (exact) mass is 629 g/mol. The van der Waals surface area contributed by atoms with Gasteiger partial charge >= 0.3 is 0 Å². The van der Waals surface area contributed by atoms with Crippen molar-refractivity contribution in [3.63, 3.8) is 0 Å². The standard InChI is InChI=1S/C32H40ClN3O6S/c1-6-30(32(38)34-20-23(3)4)35(21-24-8-14-27(41-5)15-9-24)31(37)22-36(26-12-16-28(17-13-26)42-7-2)43(39,40)29-18-10-25(33)11-19-29/h8-19,23,30H,6-7,20-22H2,1-5H3,(H,34,38)/t30-/m0/s1. The molecule has 0 aliphatic heterocycles. The molecular weight excluding hydrogens is 590 g/mol. The van der Waals surface area contributed by atoms with E-state index in [1.54, 1.807) is 43.5 Å². The van der Waals surface area contributed by atoms with Gasteiger partial charge in [0.25, 0.3) is 10.0 Å². The molecule has 0 radical (unpaired) electrons. The summed E-state index contributed by atoms with van der Waals surface area (Å²) in [6.07, 6.45) is 0.332. The third-order valence-corrected chi connectivity index (χ3v) is 8.74. The summed E-state index contributed by atoms with van der Waals surface area (Å²) in [5.41, 5.74) is 1.03. The second-order valence-corrected chi connectivity index (χ2v) is 12.6. The maximum absolute atomic E-state index is 14.2. The minimum Gasteiger partial charge on any atom is -0.497 e. The number of carbonyl (C=O) groups is 2. The Kier molecular flexibility index (Phi) is 12.3. The summed E-state index contributed by atoms with van der Waals surface area (Å²) in [4.78, 5) is 28.9. The van der Waals surface area contributed by atoms with Crippen molar-refractivity contribution in [1.29, 1.82) is 0 Å². The average Bonchev–Trinajstić information content (AvgIpc) is 2.99. The van der Waals surface area contributed by atoms with Gasteiger partial charge < -0.3 is 19.7 Å². The number of ether oxygens (including phenoxy) is 2. The van der Waals surface area contributed by atoms with Crippen molar-refractivity contribution in [3.05, 3.63) is 83.4 Å². The number of methoxy groups -OCH3 is 1. The highest BCUT2D eigenvalue weighted by Gasteiger charge is 2.33. The molecule has 3 aromatic rings. The molecule has 3 rings (SSSR count). The lowest BCUT2D eigenvalue weighted by atomic mass is 10.1. The van der Waals surface area contributed by atoms with E-state index in [1.165, 1.54) is 29.2 Å². The Labute approximate surface area is 259 Å². The topological polar surface area (TPSA) is 105 Å². The van der Waals surface area contributed by atoms with Crippen molar-refractivity contribution in [1.82, 2.24) is 10.2 Å². The van der Waals surface area contributed by atoms with Gasteiger partial charge in [-0.2, -0.15) is 0 Å². The summed E-state index contributed by atoms with van der Waals surface area (Å²) in [7, 11) is -2.65. The zero-order valence-corrected chi connectivity index (χ0v) is 26.8. The van der Waals surface area contributed by atoms with Gasteiger partial charge in [0.05, 0.1) is 24.3 Å². The highest BCUT2D eigenvalue weighted by atomic mass is 35.5. The van der Waals surface area contributed by atoms with Gasteiger partial charge in [0.1, 0.15) is 24.1 Å². The summed E-state index contributed by atoms with van der Waals surface area (Å²) in [5.74, 6) is 0.599. The Morgan fingerprint density at radius 2 is 1.51 bits per heavy atom. The van der Waals surface area contributed by atoms with Crippen LogP contribution in [0.25, 0.3) is 0 Å². The number of anilines is 1. The van der Waals surface area contributed by atoms with Crippen LogP contribution in [0, 0.1) is 5.92 Å². The number of rotatable bonds is 15. The van der Waals surface area contributed by atoms with Crippen LogP contribution in [0.1, 0.15) is 39.7 Å². The fourth-order valence-electron chi connectivity index (χ4n) is 4.41. The molecule has 2 amide bonds. The molecule has 43 heavy (non-hydrogen) atoms. The zero-order chi connectivity index (χ0) is 31.6. The lowest BCUT2D eigenvalue weighted by Crippen LogP contribution is -2.52. The van der Waals surface area contributed by atoms with Crippen LogP contribution in [-0.2, 0) is 26.2 Å². The summed E-state index contributed by atoms with van der Waals surface area (Å²) in [5, 5.41) is 3.31. The third-order valence-electron chi connectivity index (χ3n) is 6.70. The van der Waals surface area contributed by atoms with Gasteiger partial charge in [0.15, 0.2) is 0 Å². The van der Waals surface area contributed by atoms with E-state index in [0.29, 0.717) is 36.1 Å². The number of benzene rings is 3. The predicted octanol–water partition coefficient (Wildman–Crippen LogP) is 5.52. The van der Waals surface area contributed by atoms with Crippen LogP contribution in [0.5, 0.6) is 11.5 Å². The molecule has 0 aliphatic rings. The number of nitrogens with zero attached hydrogens (tertiary/aromatic N) is 2. The van der Waals surface area contributed by atoms with E-state index in [9.17, 15) is 18.0 Å². The Bertz CT molecular complexity index is 1450. The second-order valence-electron chi connectivity index (χ2n) is 10.3. The van der Waals surface area contributed by atoms with Gasteiger partial charge in [-0.25, -0.2) is 8.42 Å². The average molecular weight is 630 g/mol. The van der Waals surface area contributed by atoms with Crippen LogP contribution in [0.2, 0.25) is 5.02 Å². The molecule has 0 spiro atoms. The lowest BCUT2D eigenvalue weighted by Gasteiger charge is -2.33. The van der Waals surface area contributed by atoms with Gasteiger partial charge in [-0.3, -0.25) is 13.9 Å². The number of carbonyl (C=O) groups excluding carboxylic acids is 2. The number of sulfonamides is 1. The number of hydrogen-bond donors (Lipinski definition) is 1. The Morgan fingerprint density at radius 3 is 2.05 bits per heavy atom. The molecule has 0 saturated heterocycles. The first kappa shape index (κ1) is 33.7. The van der Waals surface area contributed by atoms with Gasteiger partial charge in [-0.05, 0) is 85.5 Å². The van der Waals surface area contributed by atoms with Crippen LogP contribution < -0.4 is 19.1 Å². The summed E-state index contributed by atoms with van der Waals surface area (Å²) >= 11 is 6.02. The summed E-state index contributed by atoms with van der Waals surface area (Å²) < 4.78 is 39.8. The number of halogens is 1. The quantitative estimate of drug-likeness (QED) is 0.237. The van der Waals surface area contributed by atoms with Crippen molar-refractivity contribution in [3.8, 4) is 11.5 Å². The van der Waals surface area contributed by atoms with Crippen molar-refractivity contribution < 1.29 is 27.5 Å². The molecule has 0 bridgehead atoms. The molecule has 232 valence electrons. The van der Waals surface area contributed by atoms with Crippen LogP contribution >= 0.6 is 11.6 Å². The third kappa shape index (κ3) is 9.11. The van der Waals surface area contributed by atoms with E-state index in [-0.39, 0.29) is 29.0 Å². The molecule has 3 aromatic carbocycles. The van der Waals surface area contributed by atoms with Gasteiger partial charge in [-0.1, -0.05) is 44.5 Å². The van der Waals surface area contributed by atoms with Crippen molar-refractivity contribution in [2.45, 2.75) is 51.6 Å². The van der Waals surface area contributed by atoms with E-state index >= 15 is 0 Å². The van der Waals surface area contributed by atoms with Crippen molar-refractivity contribution in [2.24, 2.45) is 5.92 Å². The van der Waals surface area contributed by atoms with Crippen molar-refractivity contribution >= 4 is 39.1 Å². The summed E-state index contributed by atoms with van der Waals surface area (Å²) in [6, 6.07) is 18.6. The normalized spacial score (nSPS) is 12.0. The number of nitrogens with one attached hydrogen (secondary N) is 1.